The summed E-state index contributed by atoms with van der Waals surface area (Å²) >= 11 is 0. The lowest BCUT2D eigenvalue weighted by atomic mass is 10.1. The third kappa shape index (κ3) is 4.59. The number of ether oxygens (including phenoxy) is 1. The molecule has 2 aromatic carbocycles. The average Bonchev–Trinajstić information content (AvgIpc) is 3.38. The Morgan fingerprint density at radius 2 is 1.73 bits per heavy atom. The summed E-state index contributed by atoms with van der Waals surface area (Å²) in [4.78, 5) is 11.4. The molecule has 1 aliphatic carbocycles. The standard InChI is InChI=1S/C12H14O2.C8H8/c1-2-14-12(13)11-8-10(11)9-6-4-3-5-7-9;1-2-8-6-4-3-5-7-8/h3-7,10-11H,2,8H2,1H3;2-7H,1H2. The molecule has 2 aromatic rings. The van der Waals surface area contributed by atoms with Crippen LogP contribution in [0.2, 0.25) is 0 Å². The highest BCUT2D eigenvalue weighted by Crippen LogP contribution is 2.47. The van der Waals surface area contributed by atoms with Crippen LogP contribution in [0.3, 0.4) is 0 Å². The average molecular weight is 294 g/mol. The van der Waals surface area contributed by atoms with E-state index in [4.69, 9.17) is 4.74 Å². The summed E-state index contributed by atoms with van der Waals surface area (Å²) in [5.41, 5.74) is 2.43. The molecular formula is C20H22O2. The number of rotatable bonds is 4. The monoisotopic (exact) mass is 294 g/mol. The first-order valence-electron chi connectivity index (χ1n) is 7.65. The van der Waals surface area contributed by atoms with Gasteiger partial charge in [-0.2, -0.15) is 0 Å². The van der Waals surface area contributed by atoms with Crippen molar-refractivity contribution in [3.8, 4) is 0 Å². The van der Waals surface area contributed by atoms with Crippen molar-refractivity contribution in [2.75, 3.05) is 6.61 Å². The van der Waals surface area contributed by atoms with Crippen LogP contribution in [0.4, 0.5) is 0 Å². The van der Waals surface area contributed by atoms with Crippen LogP contribution in [0.1, 0.15) is 30.4 Å². The molecule has 0 bridgehead atoms. The van der Waals surface area contributed by atoms with E-state index in [2.05, 4.69) is 18.7 Å². The highest BCUT2D eigenvalue weighted by atomic mass is 16.5. The first-order valence-corrected chi connectivity index (χ1v) is 7.65. The number of hydrogen-bond donors (Lipinski definition) is 0. The maximum absolute atomic E-state index is 11.4. The number of carbonyl (C=O) groups excluding carboxylic acids is 1. The van der Waals surface area contributed by atoms with E-state index < -0.39 is 0 Å². The summed E-state index contributed by atoms with van der Waals surface area (Å²) in [5.74, 6) is 0.467. The van der Waals surface area contributed by atoms with Crippen LogP contribution in [0, 0.1) is 5.92 Å². The zero-order chi connectivity index (χ0) is 15.8. The van der Waals surface area contributed by atoms with Gasteiger partial charge in [-0.25, -0.2) is 0 Å². The van der Waals surface area contributed by atoms with Gasteiger partial charge in [0.25, 0.3) is 0 Å². The SMILES string of the molecule is C=Cc1ccccc1.CCOC(=O)C1CC1c1ccccc1. The third-order valence-corrected chi connectivity index (χ3v) is 3.64. The Kier molecular flexibility index (Phi) is 5.96. The van der Waals surface area contributed by atoms with Gasteiger partial charge in [0.15, 0.2) is 0 Å². The summed E-state index contributed by atoms with van der Waals surface area (Å²) < 4.78 is 4.98. The summed E-state index contributed by atoms with van der Waals surface area (Å²) in [6.07, 6.45) is 2.78. The highest BCUT2D eigenvalue weighted by Gasteiger charge is 2.44. The van der Waals surface area contributed by atoms with Crippen molar-refractivity contribution in [2.45, 2.75) is 19.3 Å². The van der Waals surface area contributed by atoms with Gasteiger partial charge in [-0.05, 0) is 30.4 Å². The molecule has 1 fully saturated rings. The second-order valence-corrected chi connectivity index (χ2v) is 5.23. The van der Waals surface area contributed by atoms with E-state index in [0.717, 1.165) is 6.42 Å². The fourth-order valence-electron chi connectivity index (χ4n) is 2.36. The smallest absolute Gasteiger partial charge is 0.309 e. The van der Waals surface area contributed by atoms with Crippen molar-refractivity contribution < 1.29 is 9.53 Å². The van der Waals surface area contributed by atoms with Crippen molar-refractivity contribution >= 4 is 12.0 Å². The Balaban J connectivity index is 0.000000188. The van der Waals surface area contributed by atoms with Crippen molar-refractivity contribution in [1.29, 1.82) is 0 Å². The lowest BCUT2D eigenvalue weighted by Crippen LogP contribution is -2.07. The molecule has 2 heteroatoms. The molecule has 0 spiro atoms. The molecule has 2 atom stereocenters. The van der Waals surface area contributed by atoms with Gasteiger partial charge >= 0.3 is 5.97 Å². The molecule has 0 heterocycles. The molecule has 0 N–H and O–H groups in total. The quantitative estimate of drug-likeness (QED) is 0.765. The van der Waals surface area contributed by atoms with Crippen molar-refractivity contribution in [3.63, 3.8) is 0 Å². The van der Waals surface area contributed by atoms with Crippen molar-refractivity contribution in [2.24, 2.45) is 5.92 Å². The maximum atomic E-state index is 11.4. The maximum Gasteiger partial charge on any atom is 0.309 e. The zero-order valence-corrected chi connectivity index (χ0v) is 12.9. The first-order chi connectivity index (χ1) is 10.8. The third-order valence-electron chi connectivity index (χ3n) is 3.64. The lowest BCUT2D eigenvalue weighted by Gasteiger charge is -2.00. The molecular weight excluding hydrogens is 272 g/mol. The van der Waals surface area contributed by atoms with Crippen LogP contribution in [-0.4, -0.2) is 12.6 Å². The van der Waals surface area contributed by atoms with Crippen LogP contribution in [0.5, 0.6) is 0 Å². The van der Waals surface area contributed by atoms with Crippen LogP contribution in [0.15, 0.2) is 67.2 Å². The minimum Gasteiger partial charge on any atom is -0.466 e. The molecule has 3 rings (SSSR count). The molecule has 2 nitrogen and oxygen atoms in total. The van der Waals surface area contributed by atoms with Crippen LogP contribution >= 0.6 is 0 Å². The van der Waals surface area contributed by atoms with E-state index in [1.165, 1.54) is 11.1 Å². The van der Waals surface area contributed by atoms with Gasteiger partial charge in [0.1, 0.15) is 0 Å². The Morgan fingerprint density at radius 1 is 1.14 bits per heavy atom. The van der Waals surface area contributed by atoms with E-state index >= 15 is 0 Å². The molecule has 2 unspecified atom stereocenters. The van der Waals surface area contributed by atoms with Crippen molar-refractivity contribution in [3.05, 3.63) is 78.4 Å². The fraction of sp³-hybridized carbons (Fsp3) is 0.250. The molecule has 0 radical (unpaired) electrons. The summed E-state index contributed by atoms with van der Waals surface area (Å²) in [5, 5.41) is 0. The Bertz CT molecular complexity index is 590. The topological polar surface area (TPSA) is 26.3 Å². The zero-order valence-electron chi connectivity index (χ0n) is 12.9. The number of hydrogen-bond acceptors (Lipinski definition) is 2. The largest absolute Gasteiger partial charge is 0.466 e. The van der Waals surface area contributed by atoms with Gasteiger partial charge < -0.3 is 4.74 Å². The van der Waals surface area contributed by atoms with Gasteiger partial charge in [0, 0.05) is 0 Å². The molecule has 0 aromatic heterocycles. The normalized spacial score (nSPS) is 18.6. The highest BCUT2D eigenvalue weighted by molar-refractivity contribution is 5.77. The molecule has 114 valence electrons. The van der Waals surface area contributed by atoms with Gasteiger partial charge in [0.05, 0.1) is 12.5 Å². The molecule has 0 saturated heterocycles. The van der Waals surface area contributed by atoms with Gasteiger partial charge in [0.2, 0.25) is 0 Å². The first kappa shape index (κ1) is 16.0. The van der Waals surface area contributed by atoms with Gasteiger partial charge in [-0.15, -0.1) is 0 Å². The van der Waals surface area contributed by atoms with E-state index in [0.29, 0.717) is 12.5 Å². The predicted molar refractivity (Wildman–Crippen MR) is 90.5 cm³/mol. The van der Waals surface area contributed by atoms with Crippen LogP contribution < -0.4 is 0 Å². The number of carbonyl (C=O) groups is 1. The van der Waals surface area contributed by atoms with Crippen LogP contribution in [0.25, 0.3) is 6.08 Å². The van der Waals surface area contributed by atoms with E-state index in [1.54, 1.807) is 0 Å². The van der Waals surface area contributed by atoms with Gasteiger partial charge in [-0.3, -0.25) is 4.79 Å². The number of benzene rings is 2. The summed E-state index contributed by atoms with van der Waals surface area (Å²) in [6, 6.07) is 20.2. The minimum absolute atomic E-state index is 0.0404. The second-order valence-electron chi connectivity index (χ2n) is 5.23. The van der Waals surface area contributed by atoms with E-state index in [1.807, 2.05) is 61.5 Å². The van der Waals surface area contributed by atoms with E-state index in [-0.39, 0.29) is 11.9 Å². The lowest BCUT2D eigenvalue weighted by molar-refractivity contribution is -0.144. The fourth-order valence-corrected chi connectivity index (χ4v) is 2.36. The molecule has 22 heavy (non-hydrogen) atoms. The summed E-state index contributed by atoms with van der Waals surface area (Å²) in [7, 11) is 0. The molecule has 0 amide bonds. The van der Waals surface area contributed by atoms with Crippen LogP contribution in [-0.2, 0) is 9.53 Å². The van der Waals surface area contributed by atoms with E-state index in [9.17, 15) is 4.79 Å². The Hall–Kier alpha value is -2.35. The molecule has 1 aliphatic rings. The minimum atomic E-state index is -0.0404. The molecule has 1 saturated carbocycles. The van der Waals surface area contributed by atoms with Crippen molar-refractivity contribution in [1.82, 2.24) is 0 Å². The summed E-state index contributed by atoms with van der Waals surface area (Å²) in [6.45, 7) is 5.96. The molecule has 0 aliphatic heterocycles. The predicted octanol–water partition coefficient (Wildman–Crippen LogP) is 4.68. The number of esters is 1. The van der Waals surface area contributed by atoms with Gasteiger partial charge in [-0.1, -0.05) is 73.3 Å². The Labute approximate surface area is 132 Å². The second kappa shape index (κ2) is 8.18. The Morgan fingerprint density at radius 3 is 2.23 bits per heavy atom.